The summed E-state index contributed by atoms with van der Waals surface area (Å²) in [6.45, 7) is 4.13. The lowest BCUT2D eigenvalue weighted by Gasteiger charge is -2.03. The molecule has 0 N–H and O–H groups in total. The zero-order valence-electron chi connectivity index (χ0n) is 10.4. The van der Waals surface area contributed by atoms with E-state index in [1.54, 1.807) is 16.9 Å². The van der Waals surface area contributed by atoms with Crippen molar-refractivity contribution in [2.24, 2.45) is 7.05 Å². The molecule has 0 bridgehead atoms. The molecule has 0 amide bonds. The van der Waals surface area contributed by atoms with Crippen LogP contribution in [0.25, 0.3) is 0 Å². The second-order valence-electron chi connectivity index (χ2n) is 4.39. The first-order valence-corrected chi connectivity index (χ1v) is 5.65. The Morgan fingerprint density at radius 3 is 2.59 bits per heavy atom. The summed E-state index contributed by atoms with van der Waals surface area (Å²) in [7, 11) is 1.81. The summed E-state index contributed by atoms with van der Waals surface area (Å²) in [6.07, 6.45) is 2.20. The van der Waals surface area contributed by atoms with E-state index in [0.717, 1.165) is 5.56 Å². The molecular formula is C14H16N2O. The van der Waals surface area contributed by atoms with Crippen LogP contribution in [0.5, 0.6) is 0 Å². The van der Waals surface area contributed by atoms with Gasteiger partial charge in [-0.25, -0.2) is 0 Å². The number of nitrogens with zero attached hydrogens (tertiary/aromatic N) is 2. The first kappa shape index (κ1) is 11.6. The third kappa shape index (κ3) is 2.61. The van der Waals surface area contributed by atoms with Crippen molar-refractivity contribution in [3.63, 3.8) is 0 Å². The van der Waals surface area contributed by atoms with Gasteiger partial charge in [-0.05, 0) is 36.6 Å². The Balaban J connectivity index is 2.15. The Kier molecular flexibility index (Phi) is 3.09. The van der Waals surface area contributed by atoms with Crippen LogP contribution in [-0.4, -0.2) is 15.6 Å². The lowest BCUT2D eigenvalue weighted by atomic mass is 10.0. The highest BCUT2D eigenvalue weighted by Gasteiger charge is 2.10. The van der Waals surface area contributed by atoms with Crippen molar-refractivity contribution in [2.45, 2.75) is 20.3 Å². The molecule has 1 aromatic heterocycles. The van der Waals surface area contributed by atoms with Gasteiger partial charge in [-0.3, -0.25) is 9.48 Å². The van der Waals surface area contributed by atoms with Gasteiger partial charge in [0.2, 0.25) is 0 Å². The maximum Gasteiger partial charge on any atom is 0.187 e. The summed E-state index contributed by atoms with van der Waals surface area (Å²) in [6, 6.07) is 7.87. The first-order chi connectivity index (χ1) is 8.06. The Morgan fingerprint density at radius 2 is 2.00 bits per heavy atom. The molecule has 2 aromatic rings. The number of aromatic nitrogens is 2. The molecule has 0 saturated carbocycles. The molecule has 0 saturated heterocycles. The SMILES string of the molecule is Cc1ccc(CC(=O)c2ccn(C)n2)cc1C. The van der Waals surface area contributed by atoms with Crippen molar-refractivity contribution in [1.82, 2.24) is 9.78 Å². The van der Waals surface area contributed by atoms with Gasteiger partial charge in [-0.1, -0.05) is 18.2 Å². The van der Waals surface area contributed by atoms with Crippen LogP contribution < -0.4 is 0 Å². The molecule has 0 aliphatic heterocycles. The maximum atomic E-state index is 11.9. The highest BCUT2D eigenvalue weighted by Crippen LogP contribution is 2.12. The van der Waals surface area contributed by atoms with Gasteiger partial charge in [0.15, 0.2) is 5.78 Å². The van der Waals surface area contributed by atoms with E-state index in [-0.39, 0.29) is 5.78 Å². The number of aryl methyl sites for hydroxylation is 3. The Hall–Kier alpha value is -1.90. The van der Waals surface area contributed by atoms with Gasteiger partial charge in [-0.2, -0.15) is 5.10 Å². The molecule has 1 aromatic carbocycles. The quantitative estimate of drug-likeness (QED) is 0.756. The van der Waals surface area contributed by atoms with Gasteiger partial charge >= 0.3 is 0 Å². The van der Waals surface area contributed by atoms with Crippen LogP contribution in [0.3, 0.4) is 0 Å². The van der Waals surface area contributed by atoms with E-state index in [4.69, 9.17) is 0 Å². The molecule has 1 heterocycles. The molecule has 3 heteroatoms. The predicted molar refractivity (Wildman–Crippen MR) is 67.2 cm³/mol. The monoisotopic (exact) mass is 228 g/mol. The lowest BCUT2D eigenvalue weighted by molar-refractivity contribution is 0.0987. The Bertz CT molecular complexity index is 555. The van der Waals surface area contributed by atoms with E-state index in [9.17, 15) is 4.79 Å². The maximum absolute atomic E-state index is 11.9. The Labute approximate surface area is 101 Å². The fraction of sp³-hybridized carbons (Fsp3) is 0.286. The zero-order valence-corrected chi connectivity index (χ0v) is 10.4. The fourth-order valence-corrected chi connectivity index (χ4v) is 1.75. The van der Waals surface area contributed by atoms with Crippen molar-refractivity contribution in [2.75, 3.05) is 0 Å². The van der Waals surface area contributed by atoms with Crippen LogP contribution in [0.2, 0.25) is 0 Å². The molecule has 0 radical (unpaired) electrons. The molecule has 3 nitrogen and oxygen atoms in total. The number of ketones is 1. The molecule has 0 aliphatic rings. The third-order valence-electron chi connectivity index (χ3n) is 2.94. The van der Waals surface area contributed by atoms with E-state index >= 15 is 0 Å². The van der Waals surface area contributed by atoms with Crippen LogP contribution in [0, 0.1) is 13.8 Å². The van der Waals surface area contributed by atoms with Crippen molar-refractivity contribution in [1.29, 1.82) is 0 Å². The summed E-state index contributed by atoms with van der Waals surface area (Å²) in [5, 5.41) is 4.11. The first-order valence-electron chi connectivity index (χ1n) is 5.65. The van der Waals surface area contributed by atoms with E-state index in [1.165, 1.54) is 11.1 Å². The summed E-state index contributed by atoms with van der Waals surface area (Å²) >= 11 is 0. The number of rotatable bonds is 3. The summed E-state index contributed by atoms with van der Waals surface area (Å²) in [5.74, 6) is 0.0638. The zero-order chi connectivity index (χ0) is 12.4. The molecule has 88 valence electrons. The number of hydrogen-bond donors (Lipinski definition) is 0. The number of Topliss-reactive ketones (excluding diaryl/α,β-unsaturated/α-hetero) is 1. The second-order valence-corrected chi connectivity index (χ2v) is 4.39. The van der Waals surface area contributed by atoms with Gasteiger partial charge in [0.1, 0.15) is 5.69 Å². The summed E-state index contributed by atoms with van der Waals surface area (Å²) in [5.41, 5.74) is 4.05. The molecule has 0 aliphatic carbocycles. The van der Waals surface area contributed by atoms with Gasteiger partial charge in [0.05, 0.1) is 0 Å². The molecular weight excluding hydrogens is 212 g/mol. The Morgan fingerprint density at radius 1 is 1.24 bits per heavy atom. The molecule has 2 rings (SSSR count). The topological polar surface area (TPSA) is 34.9 Å². The van der Waals surface area contributed by atoms with E-state index in [0.29, 0.717) is 12.1 Å². The van der Waals surface area contributed by atoms with Crippen molar-refractivity contribution < 1.29 is 4.79 Å². The van der Waals surface area contributed by atoms with Crippen LogP contribution >= 0.6 is 0 Å². The van der Waals surface area contributed by atoms with Crippen LogP contribution in [0.1, 0.15) is 27.2 Å². The third-order valence-corrected chi connectivity index (χ3v) is 2.94. The van der Waals surface area contributed by atoms with Gasteiger partial charge < -0.3 is 0 Å². The van der Waals surface area contributed by atoms with Crippen LogP contribution in [0.15, 0.2) is 30.5 Å². The molecule has 0 unspecified atom stereocenters. The summed E-state index contributed by atoms with van der Waals surface area (Å²) < 4.78 is 1.65. The largest absolute Gasteiger partial charge is 0.292 e. The van der Waals surface area contributed by atoms with Gasteiger partial charge in [0, 0.05) is 19.7 Å². The smallest absolute Gasteiger partial charge is 0.187 e. The highest BCUT2D eigenvalue weighted by atomic mass is 16.1. The number of carbonyl (C=O) groups excluding carboxylic acids is 1. The molecule has 17 heavy (non-hydrogen) atoms. The average Bonchev–Trinajstić information content (AvgIpc) is 2.70. The van der Waals surface area contributed by atoms with Crippen LogP contribution in [-0.2, 0) is 13.5 Å². The minimum Gasteiger partial charge on any atom is -0.292 e. The summed E-state index contributed by atoms with van der Waals surface area (Å²) in [4.78, 5) is 11.9. The average molecular weight is 228 g/mol. The highest BCUT2D eigenvalue weighted by molar-refractivity contribution is 5.95. The molecule has 0 spiro atoms. The molecule has 0 atom stereocenters. The minimum absolute atomic E-state index is 0.0638. The van der Waals surface area contributed by atoms with Crippen molar-refractivity contribution in [3.05, 3.63) is 52.8 Å². The van der Waals surface area contributed by atoms with E-state index in [1.807, 2.05) is 13.1 Å². The van der Waals surface area contributed by atoms with E-state index < -0.39 is 0 Å². The van der Waals surface area contributed by atoms with Gasteiger partial charge in [-0.15, -0.1) is 0 Å². The number of benzene rings is 1. The predicted octanol–water partition coefficient (Wildman–Crippen LogP) is 2.46. The van der Waals surface area contributed by atoms with Gasteiger partial charge in [0.25, 0.3) is 0 Å². The number of carbonyl (C=O) groups is 1. The second kappa shape index (κ2) is 4.53. The van der Waals surface area contributed by atoms with Crippen molar-refractivity contribution >= 4 is 5.78 Å². The number of hydrogen-bond acceptors (Lipinski definition) is 2. The lowest BCUT2D eigenvalue weighted by Crippen LogP contribution is -2.05. The standard InChI is InChI=1S/C14H16N2O/c1-10-4-5-12(8-11(10)2)9-14(17)13-6-7-16(3)15-13/h4-8H,9H2,1-3H3. The van der Waals surface area contributed by atoms with Crippen LogP contribution in [0.4, 0.5) is 0 Å². The minimum atomic E-state index is 0.0638. The van der Waals surface area contributed by atoms with E-state index in [2.05, 4.69) is 31.1 Å². The van der Waals surface area contributed by atoms with Crippen molar-refractivity contribution in [3.8, 4) is 0 Å². The molecule has 0 fully saturated rings. The fourth-order valence-electron chi connectivity index (χ4n) is 1.75. The normalized spacial score (nSPS) is 10.5.